The van der Waals surface area contributed by atoms with Gasteiger partial charge in [-0.15, -0.1) is 0 Å². The van der Waals surface area contributed by atoms with Gasteiger partial charge in [0, 0.05) is 38.1 Å². The minimum absolute atomic E-state index is 0.0653. The maximum atomic E-state index is 13.1. The van der Waals surface area contributed by atoms with Crippen LogP contribution in [0.1, 0.15) is 41.6 Å². The van der Waals surface area contributed by atoms with E-state index in [1.54, 1.807) is 42.0 Å². The van der Waals surface area contributed by atoms with E-state index in [9.17, 15) is 18.0 Å². The number of aromatic amines is 1. The number of nitrogens with one attached hydrogen (secondary N) is 1. The third-order valence-electron chi connectivity index (χ3n) is 4.29. The molecule has 1 aliphatic rings. The molecule has 9 heteroatoms. The van der Waals surface area contributed by atoms with Gasteiger partial charge in [-0.1, -0.05) is 13.8 Å². The van der Waals surface area contributed by atoms with Crippen molar-refractivity contribution in [3.63, 3.8) is 0 Å². The molecule has 0 bridgehead atoms. The van der Waals surface area contributed by atoms with Gasteiger partial charge in [0.1, 0.15) is 11.4 Å². The van der Waals surface area contributed by atoms with Crippen molar-refractivity contribution in [3.8, 4) is 0 Å². The number of carbonyl (C=O) groups excluding carboxylic acids is 1. The summed E-state index contributed by atoms with van der Waals surface area (Å²) in [4.78, 5) is 26.6. The Morgan fingerprint density at radius 2 is 1.88 bits per heavy atom. The zero-order valence-electron chi connectivity index (χ0n) is 14.5. The van der Waals surface area contributed by atoms with Gasteiger partial charge in [0.2, 0.25) is 5.95 Å². The van der Waals surface area contributed by atoms with E-state index in [2.05, 4.69) is 15.0 Å². The number of hydrogen-bond acceptors (Lipinski definition) is 4. The number of hydrogen-bond donors (Lipinski definition) is 1. The third kappa shape index (κ3) is 3.81. The first-order valence-electron chi connectivity index (χ1n) is 8.39. The van der Waals surface area contributed by atoms with Crippen LogP contribution in [0.4, 0.5) is 19.1 Å². The zero-order valence-corrected chi connectivity index (χ0v) is 14.5. The lowest BCUT2D eigenvalue weighted by molar-refractivity contribution is -0.141. The standard InChI is InChI=1S/C17H20F3N5O/c1-11(2)13-10-14(17(18,19)20)23-16(22-13)25-8-6-24(7-9-25)15(26)12-4-3-5-21-12/h3-5,10-11,21H,6-9H2,1-2H3. The summed E-state index contributed by atoms with van der Waals surface area (Å²) in [5.74, 6) is -0.202. The van der Waals surface area contributed by atoms with Crippen LogP contribution in [0.2, 0.25) is 0 Å². The summed E-state index contributed by atoms with van der Waals surface area (Å²) in [5, 5.41) is 0. The largest absolute Gasteiger partial charge is 0.433 e. The number of carbonyl (C=O) groups is 1. The number of H-pyrrole nitrogens is 1. The molecule has 26 heavy (non-hydrogen) atoms. The summed E-state index contributed by atoms with van der Waals surface area (Å²) in [7, 11) is 0. The van der Waals surface area contributed by atoms with Crippen LogP contribution in [0.15, 0.2) is 24.4 Å². The van der Waals surface area contributed by atoms with Crippen LogP contribution < -0.4 is 4.90 Å². The Morgan fingerprint density at radius 3 is 2.42 bits per heavy atom. The van der Waals surface area contributed by atoms with Crippen molar-refractivity contribution in [1.82, 2.24) is 19.9 Å². The van der Waals surface area contributed by atoms with Crippen molar-refractivity contribution >= 4 is 11.9 Å². The lowest BCUT2D eigenvalue weighted by Crippen LogP contribution is -2.49. The maximum Gasteiger partial charge on any atom is 0.433 e. The van der Waals surface area contributed by atoms with E-state index in [4.69, 9.17) is 0 Å². The van der Waals surface area contributed by atoms with Crippen LogP contribution in [0, 0.1) is 0 Å². The van der Waals surface area contributed by atoms with E-state index >= 15 is 0 Å². The number of anilines is 1. The normalized spacial score (nSPS) is 15.6. The Labute approximate surface area is 149 Å². The molecular formula is C17H20F3N5O. The van der Waals surface area contributed by atoms with Crippen molar-refractivity contribution < 1.29 is 18.0 Å². The highest BCUT2D eigenvalue weighted by Gasteiger charge is 2.35. The van der Waals surface area contributed by atoms with Gasteiger partial charge in [-0.25, -0.2) is 9.97 Å². The number of rotatable bonds is 3. The molecule has 1 saturated heterocycles. The highest BCUT2D eigenvalue weighted by Crippen LogP contribution is 2.31. The van der Waals surface area contributed by atoms with Gasteiger partial charge in [-0.05, 0) is 24.1 Å². The molecule has 2 aromatic rings. The first-order valence-corrected chi connectivity index (χ1v) is 8.39. The predicted octanol–water partition coefficient (Wildman–Crippen LogP) is 2.91. The quantitative estimate of drug-likeness (QED) is 0.906. The molecule has 3 rings (SSSR count). The smallest absolute Gasteiger partial charge is 0.357 e. The minimum atomic E-state index is -4.52. The van der Waals surface area contributed by atoms with Crippen LogP contribution in [0.25, 0.3) is 0 Å². The van der Waals surface area contributed by atoms with Crippen LogP contribution >= 0.6 is 0 Å². The van der Waals surface area contributed by atoms with E-state index in [0.717, 1.165) is 6.07 Å². The molecule has 1 aliphatic heterocycles. The summed E-state index contributed by atoms with van der Waals surface area (Å²) in [6.07, 6.45) is -2.85. The lowest BCUT2D eigenvalue weighted by atomic mass is 10.1. The van der Waals surface area contributed by atoms with Crippen LogP contribution in [0.5, 0.6) is 0 Å². The Hall–Kier alpha value is -2.58. The average Bonchev–Trinajstić information content (AvgIpc) is 3.14. The van der Waals surface area contributed by atoms with E-state index in [1.807, 2.05) is 0 Å². The fraction of sp³-hybridized carbons (Fsp3) is 0.471. The summed E-state index contributed by atoms with van der Waals surface area (Å²) < 4.78 is 39.4. The number of nitrogens with zero attached hydrogens (tertiary/aromatic N) is 4. The number of aromatic nitrogens is 3. The first-order chi connectivity index (χ1) is 12.3. The lowest BCUT2D eigenvalue weighted by Gasteiger charge is -2.35. The molecule has 0 radical (unpaired) electrons. The molecular weight excluding hydrogens is 347 g/mol. The Kier molecular flexibility index (Phi) is 4.88. The molecule has 0 unspecified atom stereocenters. The van der Waals surface area contributed by atoms with Crippen LogP contribution in [-0.2, 0) is 6.18 Å². The second-order valence-corrected chi connectivity index (χ2v) is 6.49. The molecule has 2 aromatic heterocycles. The monoisotopic (exact) mass is 367 g/mol. The fourth-order valence-corrected chi connectivity index (χ4v) is 2.78. The summed E-state index contributed by atoms with van der Waals surface area (Å²) >= 11 is 0. The van der Waals surface area contributed by atoms with Crippen molar-refractivity contribution in [2.24, 2.45) is 0 Å². The molecule has 1 amide bonds. The molecule has 0 spiro atoms. The molecule has 0 saturated carbocycles. The highest BCUT2D eigenvalue weighted by molar-refractivity contribution is 5.92. The molecule has 6 nitrogen and oxygen atoms in total. The topological polar surface area (TPSA) is 65.1 Å². The van der Waals surface area contributed by atoms with Crippen molar-refractivity contribution in [2.75, 3.05) is 31.1 Å². The second kappa shape index (κ2) is 6.97. The Morgan fingerprint density at radius 1 is 1.19 bits per heavy atom. The van der Waals surface area contributed by atoms with Gasteiger partial charge in [-0.2, -0.15) is 13.2 Å². The highest BCUT2D eigenvalue weighted by atomic mass is 19.4. The van der Waals surface area contributed by atoms with Crippen molar-refractivity contribution in [2.45, 2.75) is 25.9 Å². The molecule has 0 aliphatic carbocycles. The number of piperazine rings is 1. The minimum Gasteiger partial charge on any atom is -0.357 e. The first kappa shape index (κ1) is 18.2. The average molecular weight is 367 g/mol. The number of amides is 1. The second-order valence-electron chi connectivity index (χ2n) is 6.49. The van der Waals surface area contributed by atoms with Gasteiger partial charge in [0.15, 0.2) is 0 Å². The Balaban J connectivity index is 1.76. The molecule has 1 fully saturated rings. The van der Waals surface area contributed by atoms with E-state index in [0.29, 0.717) is 37.6 Å². The Bertz CT molecular complexity index is 765. The van der Waals surface area contributed by atoms with Gasteiger partial charge < -0.3 is 14.8 Å². The van der Waals surface area contributed by atoms with Gasteiger partial charge in [0.05, 0.1) is 0 Å². The van der Waals surface area contributed by atoms with Crippen molar-refractivity contribution in [3.05, 3.63) is 41.5 Å². The van der Waals surface area contributed by atoms with Gasteiger partial charge in [-0.3, -0.25) is 4.79 Å². The van der Waals surface area contributed by atoms with E-state index < -0.39 is 11.9 Å². The van der Waals surface area contributed by atoms with Crippen LogP contribution in [-0.4, -0.2) is 51.9 Å². The van der Waals surface area contributed by atoms with Crippen molar-refractivity contribution in [1.29, 1.82) is 0 Å². The predicted molar refractivity (Wildman–Crippen MR) is 90.0 cm³/mol. The SMILES string of the molecule is CC(C)c1cc(C(F)(F)F)nc(N2CCN(C(=O)c3ccc[nH]3)CC2)n1. The summed E-state index contributed by atoms with van der Waals surface area (Å²) in [6.45, 7) is 5.14. The third-order valence-corrected chi connectivity index (χ3v) is 4.29. The van der Waals surface area contributed by atoms with E-state index in [-0.39, 0.29) is 17.8 Å². The number of halogens is 3. The maximum absolute atomic E-state index is 13.1. The summed E-state index contributed by atoms with van der Waals surface area (Å²) in [5.41, 5.74) is -0.0841. The fourth-order valence-electron chi connectivity index (χ4n) is 2.78. The molecule has 1 N–H and O–H groups in total. The molecule has 0 atom stereocenters. The zero-order chi connectivity index (χ0) is 18.9. The summed E-state index contributed by atoms with van der Waals surface area (Å²) in [6, 6.07) is 4.44. The van der Waals surface area contributed by atoms with Gasteiger partial charge in [0.25, 0.3) is 5.91 Å². The molecule has 0 aromatic carbocycles. The van der Waals surface area contributed by atoms with Crippen LogP contribution in [0.3, 0.4) is 0 Å². The molecule has 140 valence electrons. The van der Waals surface area contributed by atoms with Gasteiger partial charge >= 0.3 is 6.18 Å². The molecule has 3 heterocycles. The van der Waals surface area contributed by atoms with E-state index in [1.165, 1.54) is 0 Å². The number of alkyl halides is 3.